The van der Waals surface area contributed by atoms with Crippen LogP contribution >= 0.6 is 11.3 Å². The highest BCUT2D eigenvalue weighted by molar-refractivity contribution is 7.13. The van der Waals surface area contributed by atoms with E-state index in [1.54, 1.807) is 13.0 Å². The number of hydrogen-bond acceptors (Lipinski definition) is 10. The van der Waals surface area contributed by atoms with E-state index in [1.165, 1.54) is 19.4 Å². The van der Waals surface area contributed by atoms with Gasteiger partial charge < -0.3 is 25.6 Å². The molecule has 1 aliphatic rings. The van der Waals surface area contributed by atoms with E-state index in [2.05, 4.69) is 40.8 Å². The van der Waals surface area contributed by atoms with Gasteiger partial charge in [0.2, 0.25) is 0 Å². The third-order valence-corrected chi connectivity index (χ3v) is 8.05. The van der Waals surface area contributed by atoms with Gasteiger partial charge in [0.15, 0.2) is 0 Å². The topological polar surface area (TPSA) is 151 Å². The molecule has 0 aromatic carbocycles. The Labute approximate surface area is 262 Å². The van der Waals surface area contributed by atoms with Crippen LogP contribution < -0.4 is 20.9 Å². The first kappa shape index (κ1) is 33.6. The van der Waals surface area contributed by atoms with Gasteiger partial charge in [-0.2, -0.15) is 13.2 Å². The Kier molecular flexibility index (Phi) is 10.3. The van der Waals surface area contributed by atoms with E-state index in [1.807, 2.05) is 20.8 Å². The summed E-state index contributed by atoms with van der Waals surface area (Å²) in [5.74, 6) is -0.489. The lowest BCUT2D eigenvalue weighted by atomic mass is 9.97. The van der Waals surface area contributed by atoms with E-state index in [-0.39, 0.29) is 27.9 Å². The molecule has 0 bridgehead atoms. The predicted molar refractivity (Wildman–Crippen MR) is 161 cm³/mol. The van der Waals surface area contributed by atoms with Gasteiger partial charge in [0.1, 0.15) is 39.1 Å². The van der Waals surface area contributed by atoms with Crippen molar-refractivity contribution < 1.29 is 32.3 Å². The third kappa shape index (κ3) is 9.33. The number of ether oxygens (including phenoxy) is 1. The summed E-state index contributed by atoms with van der Waals surface area (Å²) in [6.07, 6.45) is 0.267. The summed E-state index contributed by atoms with van der Waals surface area (Å²) in [6, 6.07) is 1.79. The molecule has 4 heterocycles. The minimum atomic E-state index is -4.58. The van der Waals surface area contributed by atoms with Crippen molar-refractivity contribution in [1.82, 2.24) is 30.6 Å². The molecule has 3 amide bonds. The van der Waals surface area contributed by atoms with Crippen LogP contribution in [0.15, 0.2) is 30.9 Å². The molecule has 16 heteroatoms. The van der Waals surface area contributed by atoms with Crippen molar-refractivity contribution in [3.05, 3.63) is 57.6 Å². The number of amides is 3. The molecule has 0 spiro atoms. The van der Waals surface area contributed by atoms with Gasteiger partial charge in [0, 0.05) is 31.9 Å². The van der Waals surface area contributed by atoms with Gasteiger partial charge in [-0.1, -0.05) is 0 Å². The fraction of sp³-hybridized carbons (Fsp3) is 0.483. The Morgan fingerprint density at radius 1 is 1.04 bits per heavy atom. The molecule has 0 aliphatic carbocycles. The van der Waals surface area contributed by atoms with Crippen LogP contribution in [0.4, 0.5) is 29.6 Å². The molecule has 3 N–H and O–H groups in total. The number of alkyl halides is 3. The summed E-state index contributed by atoms with van der Waals surface area (Å²) in [4.78, 5) is 56.3. The SMILES string of the molecule is Cc1cnc(NC(=O)c2cnc(C(C)NC(=O)c3cc(N4CCC(CNC(=O)OC(C)(C)C)CC4)ncn3)s2)cc1C(F)(F)F. The Balaban J connectivity index is 1.30. The molecule has 1 unspecified atom stereocenters. The van der Waals surface area contributed by atoms with Gasteiger partial charge in [-0.05, 0) is 65.0 Å². The van der Waals surface area contributed by atoms with Gasteiger partial charge in [0.25, 0.3) is 11.8 Å². The Bertz CT molecular complexity index is 1530. The number of carbonyl (C=O) groups excluding carboxylic acids is 3. The number of carbonyl (C=O) groups is 3. The molecule has 1 aliphatic heterocycles. The highest BCUT2D eigenvalue weighted by atomic mass is 32.1. The molecule has 242 valence electrons. The maximum Gasteiger partial charge on any atom is 0.416 e. The summed E-state index contributed by atoms with van der Waals surface area (Å²) in [6.45, 7) is 10.3. The van der Waals surface area contributed by atoms with Crippen LogP contribution in [-0.4, -0.2) is 63.1 Å². The van der Waals surface area contributed by atoms with Crippen molar-refractivity contribution in [3.63, 3.8) is 0 Å². The first-order chi connectivity index (χ1) is 21.1. The molecule has 12 nitrogen and oxygen atoms in total. The maximum atomic E-state index is 13.2. The highest BCUT2D eigenvalue weighted by Crippen LogP contribution is 2.33. The quantitative estimate of drug-likeness (QED) is 0.302. The first-order valence-corrected chi connectivity index (χ1v) is 15.1. The zero-order valence-corrected chi connectivity index (χ0v) is 26.3. The van der Waals surface area contributed by atoms with Gasteiger partial charge in [-0.15, -0.1) is 11.3 Å². The average molecular weight is 649 g/mol. The molecule has 45 heavy (non-hydrogen) atoms. The molecule has 0 saturated carbocycles. The number of aromatic nitrogens is 4. The smallest absolute Gasteiger partial charge is 0.416 e. The van der Waals surface area contributed by atoms with Crippen molar-refractivity contribution in [2.24, 2.45) is 5.92 Å². The van der Waals surface area contributed by atoms with Crippen molar-refractivity contribution >= 4 is 40.9 Å². The van der Waals surface area contributed by atoms with E-state index in [0.717, 1.165) is 36.4 Å². The van der Waals surface area contributed by atoms with Crippen molar-refractivity contribution in [2.75, 3.05) is 29.9 Å². The van der Waals surface area contributed by atoms with Gasteiger partial charge in [0.05, 0.1) is 17.8 Å². The molecular formula is C29H35F3N8O4S. The van der Waals surface area contributed by atoms with E-state index in [4.69, 9.17) is 4.74 Å². The zero-order valence-electron chi connectivity index (χ0n) is 25.5. The summed E-state index contributed by atoms with van der Waals surface area (Å²) in [7, 11) is 0. The monoisotopic (exact) mass is 648 g/mol. The van der Waals surface area contributed by atoms with Crippen LogP contribution in [0, 0.1) is 12.8 Å². The van der Waals surface area contributed by atoms with Crippen LogP contribution in [0.1, 0.15) is 82.9 Å². The van der Waals surface area contributed by atoms with Crippen LogP contribution in [0.5, 0.6) is 0 Å². The number of alkyl carbamates (subject to hydrolysis) is 1. The average Bonchev–Trinajstić information content (AvgIpc) is 3.47. The van der Waals surface area contributed by atoms with E-state index < -0.39 is 41.3 Å². The molecule has 1 fully saturated rings. The predicted octanol–water partition coefficient (Wildman–Crippen LogP) is 5.14. The Morgan fingerprint density at radius 3 is 2.42 bits per heavy atom. The Morgan fingerprint density at radius 2 is 1.76 bits per heavy atom. The van der Waals surface area contributed by atoms with E-state index in [0.29, 0.717) is 30.5 Å². The van der Waals surface area contributed by atoms with Crippen molar-refractivity contribution in [3.8, 4) is 0 Å². The summed E-state index contributed by atoms with van der Waals surface area (Å²) in [5, 5.41) is 8.40. The number of anilines is 2. The molecule has 0 radical (unpaired) electrons. The number of nitrogens with zero attached hydrogens (tertiary/aromatic N) is 5. The number of aryl methyl sites for hydroxylation is 1. The van der Waals surface area contributed by atoms with Crippen LogP contribution in [0.3, 0.4) is 0 Å². The lowest BCUT2D eigenvalue weighted by Crippen LogP contribution is -2.40. The van der Waals surface area contributed by atoms with Crippen LogP contribution in [0.25, 0.3) is 0 Å². The lowest BCUT2D eigenvalue weighted by Gasteiger charge is -2.33. The second kappa shape index (κ2) is 13.7. The number of halogens is 3. The number of piperidine rings is 1. The second-order valence-corrected chi connectivity index (χ2v) is 12.7. The van der Waals surface area contributed by atoms with Crippen molar-refractivity contribution in [2.45, 2.75) is 65.3 Å². The summed E-state index contributed by atoms with van der Waals surface area (Å²) >= 11 is 0.990. The fourth-order valence-electron chi connectivity index (χ4n) is 4.55. The number of pyridine rings is 1. The first-order valence-electron chi connectivity index (χ1n) is 14.2. The lowest BCUT2D eigenvalue weighted by molar-refractivity contribution is -0.138. The minimum absolute atomic E-state index is 0.0600. The number of thiazole rings is 1. The maximum absolute atomic E-state index is 13.2. The summed E-state index contributed by atoms with van der Waals surface area (Å²) in [5.41, 5.74) is -1.35. The third-order valence-electron chi connectivity index (χ3n) is 6.87. The van der Waals surface area contributed by atoms with Gasteiger partial charge >= 0.3 is 12.3 Å². The van der Waals surface area contributed by atoms with Crippen LogP contribution in [-0.2, 0) is 10.9 Å². The minimum Gasteiger partial charge on any atom is -0.444 e. The van der Waals surface area contributed by atoms with E-state index >= 15 is 0 Å². The molecule has 1 atom stereocenters. The van der Waals surface area contributed by atoms with E-state index in [9.17, 15) is 27.6 Å². The van der Waals surface area contributed by atoms with Crippen LogP contribution in [0.2, 0.25) is 0 Å². The number of hydrogen-bond donors (Lipinski definition) is 3. The van der Waals surface area contributed by atoms with Gasteiger partial charge in [-0.25, -0.2) is 24.7 Å². The molecule has 3 aromatic rings. The normalized spacial score (nSPS) is 14.9. The van der Waals surface area contributed by atoms with Gasteiger partial charge in [-0.3, -0.25) is 9.59 Å². The fourth-order valence-corrected chi connectivity index (χ4v) is 5.37. The summed E-state index contributed by atoms with van der Waals surface area (Å²) < 4.78 is 44.9. The molecular weight excluding hydrogens is 613 g/mol. The van der Waals surface area contributed by atoms with Crippen molar-refractivity contribution in [1.29, 1.82) is 0 Å². The molecule has 4 rings (SSSR count). The number of nitrogens with one attached hydrogen (secondary N) is 3. The Hall–Kier alpha value is -4.34. The molecule has 1 saturated heterocycles. The standard InChI is InChI=1S/C29H35F3N8O4S/c1-16-12-33-22(10-19(16)29(30,31)32)39-25(42)21-14-34-26(45-21)17(2)38-24(41)20-11-23(37-15-36-20)40-8-6-18(7-9-40)13-35-27(43)44-28(3,4)5/h10-12,14-15,17-18H,6-9,13H2,1-5H3,(H,35,43)(H,38,41)(H,33,39,42). The highest BCUT2D eigenvalue weighted by Gasteiger charge is 2.33. The molecule has 3 aromatic heterocycles. The second-order valence-electron chi connectivity index (χ2n) is 11.7. The number of rotatable bonds is 8. The zero-order chi connectivity index (χ0) is 32.9. The largest absolute Gasteiger partial charge is 0.444 e.